The van der Waals surface area contributed by atoms with Gasteiger partial charge < -0.3 is 14.2 Å². The summed E-state index contributed by atoms with van der Waals surface area (Å²) in [6.07, 6.45) is 0.896. The SMILES string of the molecule is COCOC1CC(C)(C)Oc2ccccc21. The van der Waals surface area contributed by atoms with Crippen LogP contribution in [0.5, 0.6) is 5.75 Å². The molecule has 1 aliphatic heterocycles. The third-order valence-electron chi connectivity index (χ3n) is 2.72. The molecule has 0 aliphatic carbocycles. The third kappa shape index (κ3) is 2.36. The third-order valence-corrected chi connectivity index (χ3v) is 2.72. The van der Waals surface area contributed by atoms with E-state index >= 15 is 0 Å². The maximum atomic E-state index is 5.91. The van der Waals surface area contributed by atoms with Gasteiger partial charge in [0.05, 0.1) is 6.10 Å². The Morgan fingerprint density at radius 3 is 2.88 bits per heavy atom. The van der Waals surface area contributed by atoms with Crippen LogP contribution in [0.1, 0.15) is 31.9 Å². The first-order valence-electron chi connectivity index (χ1n) is 5.51. The molecule has 0 aromatic heterocycles. The Morgan fingerprint density at radius 2 is 2.12 bits per heavy atom. The highest BCUT2D eigenvalue weighted by Gasteiger charge is 2.33. The normalized spacial score (nSPS) is 22.3. The molecule has 3 heteroatoms. The van der Waals surface area contributed by atoms with E-state index in [9.17, 15) is 0 Å². The topological polar surface area (TPSA) is 27.7 Å². The maximum Gasteiger partial charge on any atom is 0.147 e. The Hall–Kier alpha value is -1.06. The van der Waals surface area contributed by atoms with Crippen LogP contribution in [-0.2, 0) is 9.47 Å². The summed E-state index contributed by atoms with van der Waals surface area (Å²) in [7, 11) is 1.64. The fraction of sp³-hybridized carbons (Fsp3) is 0.538. The van der Waals surface area contributed by atoms with Crippen molar-refractivity contribution in [2.45, 2.75) is 32.0 Å². The van der Waals surface area contributed by atoms with E-state index in [1.165, 1.54) is 0 Å². The molecule has 0 saturated heterocycles. The predicted molar refractivity (Wildman–Crippen MR) is 61.5 cm³/mol. The highest BCUT2D eigenvalue weighted by molar-refractivity contribution is 5.37. The minimum absolute atomic E-state index is 0.0555. The largest absolute Gasteiger partial charge is 0.487 e. The lowest BCUT2D eigenvalue weighted by Crippen LogP contribution is -2.35. The van der Waals surface area contributed by atoms with Crippen molar-refractivity contribution in [2.75, 3.05) is 13.9 Å². The summed E-state index contributed by atoms with van der Waals surface area (Å²) < 4.78 is 16.6. The number of ether oxygens (including phenoxy) is 3. The molecule has 0 saturated carbocycles. The minimum atomic E-state index is -0.188. The quantitative estimate of drug-likeness (QED) is 0.736. The number of fused-ring (bicyclic) bond motifs is 1. The highest BCUT2D eigenvalue weighted by Crippen LogP contribution is 2.40. The van der Waals surface area contributed by atoms with Crippen molar-refractivity contribution in [3.05, 3.63) is 29.8 Å². The van der Waals surface area contributed by atoms with Crippen molar-refractivity contribution in [1.29, 1.82) is 0 Å². The number of benzene rings is 1. The first-order chi connectivity index (χ1) is 7.62. The van der Waals surface area contributed by atoms with E-state index in [0.29, 0.717) is 6.79 Å². The first kappa shape index (κ1) is 11.4. The number of hydrogen-bond donors (Lipinski definition) is 0. The molecule has 2 rings (SSSR count). The van der Waals surface area contributed by atoms with Gasteiger partial charge in [-0.1, -0.05) is 18.2 Å². The minimum Gasteiger partial charge on any atom is -0.487 e. The van der Waals surface area contributed by atoms with E-state index in [1.54, 1.807) is 7.11 Å². The molecule has 0 spiro atoms. The molecule has 1 unspecified atom stereocenters. The smallest absolute Gasteiger partial charge is 0.147 e. The molecular weight excluding hydrogens is 204 g/mol. The molecule has 1 heterocycles. The van der Waals surface area contributed by atoms with Crippen LogP contribution in [0.4, 0.5) is 0 Å². The molecule has 16 heavy (non-hydrogen) atoms. The summed E-state index contributed by atoms with van der Waals surface area (Å²) in [4.78, 5) is 0. The Kier molecular flexibility index (Phi) is 3.17. The zero-order valence-electron chi connectivity index (χ0n) is 10.0. The number of methoxy groups -OCH3 is 1. The molecule has 88 valence electrons. The van der Waals surface area contributed by atoms with Gasteiger partial charge in [0.2, 0.25) is 0 Å². The van der Waals surface area contributed by atoms with Crippen LogP contribution in [0, 0.1) is 0 Å². The zero-order valence-corrected chi connectivity index (χ0v) is 10.0. The molecule has 1 aromatic carbocycles. The zero-order chi connectivity index (χ0) is 11.6. The van der Waals surface area contributed by atoms with Crippen molar-refractivity contribution in [1.82, 2.24) is 0 Å². The van der Waals surface area contributed by atoms with Gasteiger partial charge in [-0.3, -0.25) is 0 Å². The van der Waals surface area contributed by atoms with Crippen LogP contribution in [0.25, 0.3) is 0 Å². The van der Waals surface area contributed by atoms with Crippen molar-refractivity contribution in [3.8, 4) is 5.75 Å². The standard InChI is InChI=1S/C13H18O3/c1-13(2)8-12(15-9-14-3)10-6-4-5-7-11(10)16-13/h4-7,12H,8-9H2,1-3H3. The maximum absolute atomic E-state index is 5.91. The Balaban J connectivity index is 2.25. The second-order valence-corrected chi connectivity index (χ2v) is 4.67. The second kappa shape index (κ2) is 4.44. The van der Waals surface area contributed by atoms with Gasteiger partial charge in [0.15, 0.2) is 0 Å². The van der Waals surface area contributed by atoms with Gasteiger partial charge >= 0.3 is 0 Å². The summed E-state index contributed by atoms with van der Waals surface area (Å²) >= 11 is 0. The molecule has 1 atom stereocenters. The van der Waals surface area contributed by atoms with E-state index in [4.69, 9.17) is 14.2 Å². The molecule has 0 amide bonds. The van der Waals surface area contributed by atoms with Gasteiger partial charge in [-0.2, -0.15) is 0 Å². The van der Waals surface area contributed by atoms with Gasteiger partial charge in [0, 0.05) is 19.1 Å². The fourth-order valence-electron chi connectivity index (χ4n) is 2.03. The Labute approximate surface area is 96.3 Å². The van der Waals surface area contributed by atoms with E-state index in [0.717, 1.165) is 17.7 Å². The van der Waals surface area contributed by atoms with Gasteiger partial charge in [-0.15, -0.1) is 0 Å². The molecule has 0 bridgehead atoms. The predicted octanol–water partition coefficient (Wildman–Crippen LogP) is 2.91. The van der Waals surface area contributed by atoms with Crippen molar-refractivity contribution < 1.29 is 14.2 Å². The monoisotopic (exact) mass is 222 g/mol. The van der Waals surface area contributed by atoms with Crippen LogP contribution < -0.4 is 4.74 Å². The molecule has 0 fully saturated rings. The lowest BCUT2D eigenvalue weighted by molar-refractivity contribution is -0.104. The van der Waals surface area contributed by atoms with Crippen molar-refractivity contribution in [2.24, 2.45) is 0 Å². The van der Waals surface area contributed by atoms with Gasteiger partial charge in [0.1, 0.15) is 18.1 Å². The Morgan fingerprint density at radius 1 is 1.38 bits per heavy atom. The van der Waals surface area contributed by atoms with Crippen LogP contribution in [0.15, 0.2) is 24.3 Å². The van der Waals surface area contributed by atoms with Gasteiger partial charge in [-0.05, 0) is 19.9 Å². The Bertz CT molecular complexity index is 360. The second-order valence-electron chi connectivity index (χ2n) is 4.67. The van der Waals surface area contributed by atoms with Gasteiger partial charge in [0.25, 0.3) is 0 Å². The van der Waals surface area contributed by atoms with Crippen molar-refractivity contribution >= 4 is 0 Å². The summed E-state index contributed by atoms with van der Waals surface area (Å²) in [6, 6.07) is 8.02. The van der Waals surface area contributed by atoms with E-state index < -0.39 is 0 Å². The van der Waals surface area contributed by atoms with Crippen LogP contribution in [0.3, 0.4) is 0 Å². The molecule has 3 nitrogen and oxygen atoms in total. The molecule has 1 aliphatic rings. The molecule has 0 radical (unpaired) electrons. The van der Waals surface area contributed by atoms with Crippen molar-refractivity contribution in [3.63, 3.8) is 0 Å². The van der Waals surface area contributed by atoms with Crippen LogP contribution >= 0.6 is 0 Å². The lowest BCUT2D eigenvalue weighted by Gasteiger charge is -2.37. The van der Waals surface area contributed by atoms with E-state index in [1.807, 2.05) is 24.3 Å². The lowest BCUT2D eigenvalue weighted by atomic mass is 9.92. The molecular formula is C13H18O3. The molecule has 1 aromatic rings. The highest BCUT2D eigenvalue weighted by atomic mass is 16.7. The average Bonchev–Trinajstić information content (AvgIpc) is 2.24. The summed E-state index contributed by atoms with van der Waals surface area (Å²) in [6.45, 7) is 4.47. The van der Waals surface area contributed by atoms with Gasteiger partial charge in [-0.25, -0.2) is 0 Å². The number of hydrogen-bond acceptors (Lipinski definition) is 3. The fourth-order valence-corrected chi connectivity index (χ4v) is 2.03. The summed E-state index contributed by atoms with van der Waals surface area (Å²) in [5, 5.41) is 0. The summed E-state index contributed by atoms with van der Waals surface area (Å²) in [5.74, 6) is 0.917. The van der Waals surface area contributed by atoms with E-state index in [2.05, 4.69) is 13.8 Å². The first-order valence-corrected chi connectivity index (χ1v) is 5.51. The summed E-state index contributed by atoms with van der Waals surface area (Å²) in [5.41, 5.74) is 0.922. The number of para-hydroxylation sites is 1. The van der Waals surface area contributed by atoms with E-state index in [-0.39, 0.29) is 11.7 Å². The van der Waals surface area contributed by atoms with Crippen LogP contribution in [-0.4, -0.2) is 19.5 Å². The number of rotatable bonds is 3. The average molecular weight is 222 g/mol. The van der Waals surface area contributed by atoms with Crippen LogP contribution in [0.2, 0.25) is 0 Å². The molecule has 0 N–H and O–H groups in total.